The third-order valence-corrected chi connectivity index (χ3v) is 4.81. The number of hydrogen-bond donors (Lipinski definition) is 1. The molecule has 23 heavy (non-hydrogen) atoms. The molecule has 0 bridgehead atoms. The molecule has 2 nitrogen and oxygen atoms in total. The van der Waals surface area contributed by atoms with Crippen molar-refractivity contribution in [2.45, 2.75) is 51.4 Å². The zero-order chi connectivity index (χ0) is 16.4. The van der Waals surface area contributed by atoms with Crippen LogP contribution in [0.25, 0.3) is 0 Å². The number of rotatable bonds is 3. The molecule has 0 saturated carbocycles. The van der Waals surface area contributed by atoms with E-state index in [1.165, 1.54) is 11.1 Å². The molecule has 0 amide bonds. The molecule has 0 radical (unpaired) electrons. The second-order valence-corrected chi connectivity index (χ2v) is 6.98. The summed E-state index contributed by atoms with van der Waals surface area (Å²) in [5.74, 6) is 0. The number of benzene rings is 2. The summed E-state index contributed by atoms with van der Waals surface area (Å²) in [6.45, 7) is 4.10. The Balaban J connectivity index is 1.82. The Hall–Kier alpha value is -1.35. The van der Waals surface area contributed by atoms with Crippen LogP contribution in [0.1, 0.15) is 48.1 Å². The molecule has 1 saturated heterocycles. The quantitative estimate of drug-likeness (QED) is 0.872. The van der Waals surface area contributed by atoms with E-state index >= 15 is 0 Å². The topological polar surface area (TPSA) is 29.5 Å². The molecule has 0 aromatic heterocycles. The maximum atomic E-state index is 9.99. The highest BCUT2D eigenvalue weighted by molar-refractivity contribution is 6.31. The summed E-state index contributed by atoms with van der Waals surface area (Å²) in [6, 6.07) is 14.6. The molecule has 3 rings (SSSR count). The van der Waals surface area contributed by atoms with Crippen LogP contribution in [0.2, 0.25) is 5.02 Å². The molecule has 1 aliphatic heterocycles. The van der Waals surface area contributed by atoms with Crippen LogP contribution in [0, 0.1) is 6.92 Å². The third kappa shape index (κ3) is 4.14. The SMILES string of the molecule is Cc1ccc(Cc2cc([C@H]3C[C@@H](O)C[C@@H](C)O3)ccc2Cl)cc1. The standard InChI is InChI=1S/C20H23ClO2/c1-13-3-5-15(6-4-13)10-17-11-16(7-8-19(17)21)20-12-18(22)9-14(2)23-20/h3-8,11,14,18,20,22H,9-10,12H2,1-2H3/t14-,18+,20-/m1/s1. The molecule has 1 fully saturated rings. The molecule has 1 aliphatic rings. The van der Waals surface area contributed by atoms with E-state index in [2.05, 4.69) is 37.3 Å². The van der Waals surface area contributed by atoms with Crippen molar-refractivity contribution in [2.75, 3.05) is 0 Å². The first-order valence-electron chi connectivity index (χ1n) is 8.18. The minimum atomic E-state index is -0.292. The predicted molar refractivity (Wildman–Crippen MR) is 94.0 cm³/mol. The molecular formula is C20H23ClO2. The van der Waals surface area contributed by atoms with Crippen molar-refractivity contribution in [3.05, 3.63) is 69.7 Å². The van der Waals surface area contributed by atoms with Gasteiger partial charge in [0.05, 0.1) is 18.3 Å². The molecule has 1 heterocycles. The number of aryl methyl sites for hydroxylation is 1. The second kappa shape index (κ2) is 7.04. The van der Waals surface area contributed by atoms with Gasteiger partial charge in [-0.25, -0.2) is 0 Å². The van der Waals surface area contributed by atoms with Gasteiger partial charge in [0.1, 0.15) is 0 Å². The van der Waals surface area contributed by atoms with E-state index in [1.54, 1.807) is 0 Å². The van der Waals surface area contributed by atoms with E-state index in [0.29, 0.717) is 12.8 Å². The van der Waals surface area contributed by atoms with E-state index in [0.717, 1.165) is 22.6 Å². The van der Waals surface area contributed by atoms with Crippen molar-refractivity contribution < 1.29 is 9.84 Å². The van der Waals surface area contributed by atoms with Crippen LogP contribution < -0.4 is 0 Å². The van der Waals surface area contributed by atoms with Crippen molar-refractivity contribution in [1.29, 1.82) is 0 Å². The molecule has 1 N–H and O–H groups in total. The molecular weight excluding hydrogens is 308 g/mol. The average Bonchev–Trinajstić information content (AvgIpc) is 2.50. The average molecular weight is 331 g/mol. The summed E-state index contributed by atoms with van der Waals surface area (Å²) in [7, 11) is 0. The Morgan fingerprint density at radius 3 is 2.57 bits per heavy atom. The summed E-state index contributed by atoms with van der Waals surface area (Å²) < 4.78 is 6.00. The maximum absolute atomic E-state index is 9.99. The van der Waals surface area contributed by atoms with Crippen molar-refractivity contribution in [2.24, 2.45) is 0 Å². The van der Waals surface area contributed by atoms with Gasteiger partial charge in [0, 0.05) is 11.4 Å². The smallest absolute Gasteiger partial charge is 0.0853 e. The van der Waals surface area contributed by atoms with Crippen LogP contribution in [0.4, 0.5) is 0 Å². The number of aliphatic hydroxyl groups is 1. The van der Waals surface area contributed by atoms with Gasteiger partial charge in [-0.3, -0.25) is 0 Å². The zero-order valence-corrected chi connectivity index (χ0v) is 14.4. The number of hydrogen-bond acceptors (Lipinski definition) is 2. The largest absolute Gasteiger partial charge is 0.393 e. The van der Waals surface area contributed by atoms with Crippen LogP contribution >= 0.6 is 11.6 Å². The molecule has 2 aromatic rings. The van der Waals surface area contributed by atoms with Gasteiger partial charge in [0.25, 0.3) is 0 Å². The minimum Gasteiger partial charge on any atom is -0.393 e. The minimum absolute atomic E-state index is 0.0530. The third-order valence-electron chi connectivity index (χ3n) is 4.44. The zero-order valence-electron chi connectivity index (χ0n) is 13.6. The Morgan fingerprint density at radius 1 is 1.13 bits per heavy atom. The summed E-state index contributed by atoms with van der Waals surface area (Å²) in [5, 5.41) is 10.8. The normalized spacial score (nSPS) is 24.6. The monoisotopic (exact) mass is 330 g/mol. The molecule has 122 valence electrons. The second-order valence-electron chi connectivity index (χ2n) is 6.57. The molecule has 3 heteroatoms. The van der Waals surface area contributed by atoms with E-state index in [9.17, 15) is 5.11 Å². The lowest BCUT2D eigenvalue weighted by Crippen LogP contribution is -2.29. The van der Waals surface area contributed by atoms with Crippen LogP contribution in [0.5, 0.6) is 0 Å². The number of ether oxygens (including phenoxy) is 1. The van der Waals surface area contributed by atoms with Gasteiger partial charge >= 0.3 is 0 Å². The van der Waals surface area contributed by atoms with Crippen LogP contribution in [-0.4, -0.2) is 17.3 Å². The van der Waals surface area contributed by atoms with Crippen LogP contribution in [0.3, 0.4) is 0 Å². The number of aliphatic hydroxyl groups excluding tert-OH is 1. The molecule has 0 spiro atoms. The highest BCUT2D eigenvalue weighted by Gasteiger charge is 2.27. The lowest BCUT2D eigenvalue weighted by atomic mass is 9.94. The van der Waals surface area contributed by atoms with E-state index < -0.39 is 0 Å². The Labute approximate surface area is 143 Å². The molecule has 0 aliphatic carbocycles. The number of halogens is 1. The maximum Gasteiger partial charge on any atom is 0.0853 e. The first-order valence-corrected chi connectivity index (χ1v) is 8.56. The van der Waals surface area contributed by atoms with Crippen molar-refractivity contribution in [3.8, 4) is 0 Å². The van der Waals surface area contributed by atoms with Gasteiger partial charge in [0.2, 0.25) is 0 Å². The summed E-state index contributed by atoms with van der Waals surface area (Å²) in [4.78, 5) is 0. The van der Waals surface area contributed by atoms with E-state index in [4.69, 9.17) is 16.3 Å². The summed E-state index contributed by atoms with van der Waals surface area (Å²) in [5.41, 5.74) is 4.70. The Morgan fingerprint density at radius 2 is 1.87 bits per heavy atom. The first kappa shape index (κ1) is 16.5. The lowest BCUT2D eigenvalue weighted by Gasteiger charge is -2.31. The highest BCUT2D eigenvalue weighted by atomic mass is 35.5. The molecule has 3 atom stereocenters. The lowest BCUT2D eigenvalue weighted by molar-refractivity contribution is -0.0895. The molecule has 0 unspecified atom stereocenters. The molecule has 2 aromatic carbocycles. The fraction of sp³-hybridized carbons (Fsp3) is 0.400. The Kier molecular flexibility index (Phi) is 5.05. The van der Waals surface area contributed by atoms with Crippen molar-refractivity contribution in [3.63, 3.8) is 0 Å². The van der Waals surface area contributed by atoms with E-state index in [-0.39, 0.29) is 18.3 Å². The van der Waals surface area contributed by atoms with Gasteiger partial charge in [-0.15, -0.1) is 0 Å². The summed E-state index contributed by atoms with van der Waals surface area (Å²) >= 11 is 6.38. The Bertz CT molecular complexity index is 656. The van der Waals surface area contributed by atoms with Crippen LogP contribution in [0.15, 0.2) is 42.5 Å². The van der Waals surface area contributed by atoms with Gasteiger partial charge in [0.15, 0.2) is 0 Å². The summed E-state index contributed by atoms with van der Waals surface area (Å²) in [6.07, 6.45) is 1.90. The fourth-order valence-corrected chi connectivity index (χ4v) is 3.37. The van der Waals surface area contributed by atoms with E-state index in [1.807, 2.05) is 19.1 Å². The fourth-order valence-electron chi connectivity index (χ4n) is 3.19. The van der Waals surface area contributed by atoms with Gasteiger partial charge in [-0.2, -0.15) is 0 Å². The van der Waals surface area contributed by atoms with Gasteiger partial charge in [-0.1, -0.05) is 53.6 Å². The van der Waals surface area contributed by atoms with Crippen molar-refractivity contribution >= 4 is 11.6 Å². The van der Waals surface area contributed by atoms with Gasteiger partial charge in [-0.05, 0) is 49.4 Å². The van der Waals surface area contributed by atoms with Crippen molar-refractivity contribution in [1.82, 2.24) is 0 Å². The van der Waals surface area contributed by atoms with Crippen LogP contribution in [-0.2, 0) is 11.2 Å². The highest BCUT2D eigenvalue weighted by Crippen LogP contribution is 2.33. The van der Waals surface area contributed by atoms with Gasteiger partial charge < -0.3 is 9.84 Å². The first-order chi connectivity index (χ1) is 11.0. The predicted octanol–water partition coefficient (Wildman–Crippen LogP) is 4.84.